The molecule has 1 rings (SSSR count). The van der Waals surface area contributed by atoms with Gasteiger partial charge in [0.15, 0.2) is 0 Å². The van der Waals surface area contributed by atoms with Crippen molar-refractivity contribution in [3.63, 3.8) is 0 Å². The van der Waals surface area contributed by atoms with Gasteiger partial charge in [0, 0.05) is 34.9 Å². The second-order valence-corrected chi connectivity index (χ2v) is 5.29. The first-order valence-corrected chi connectivity index (χ1v) is 6.97. The van der Waals surface area contributed by atoms with Crippen LogP contribution in [0.3, 0.4) is 0 Å². The summed E-state index contributed by atoms with van der Waals surface area (Å²) in [6, 6.07) is 1.72. The van der Waals surface area contributed by atoms with Crippen LogP contribution in [-0.2, 0) is 6.54 Å². The van der Waals surface area contributed by atoms with Crippen molar-refractivity contribution in [3.05, 3.63) is 34.5 Å². The van der Waals surface area contributed by atoms with Gasteiger partial charge in [-0.25, -0.2) is 4.79 Å². The molecule has 1 aromatic rings. The Morgan fingerprint density at radius 1 is 1.69 bits per heavy atom. The summed E-state index contributed by atoms with van der Waals surface area (Å²) in [6.07, 6.45) is 1.89. The first kappa shape index (κ1) is 13.3. The van der Waals surface area contributed by atoms with Crippen molar-refractivity contribution in [2.45, 2.75) is 6.54 Å². The SMILES string of the molecule is C=CCSCCNCc1cc(C(=O)O)cs1. The zero-order chi connectivity index (χ0) is 11.8. The monoisotopic (exact) mass is 257 g/mol. The molecule has 1 aromatic heterocycles. The van der Waals surface area contributed by atoms with Gasteiger partial charge in [-0.3, -0.25) is 0 Å². The first-order chi connectivity index (χ1) is 7.74. The number of nitrogens with one attached hydrogen (secondary N) is 1. The van der Waals surface area contributed by atoms with Crippen LogP contribution in [0.5, 0.6) is 0 Å². The third-order valence-electron chi connectivity index (χ3n) is 1.86. The van der Waals surface area contributed by atoms with E-state index in [1.807, 2.05) is 17.8 Å². The van der Waals surface area contributed by atoms with Gasteiger partial charge in [0.2, 0.25) is 0 Å². The third kappa shape index (κ3) is 4.83. The van der Waals surface area contributed by atoms with Crippen molar-refractivity contribution in [3.8, 4) is 0 Å². The molecule has 0 bridgehead atoms. The molecule has 3 nitrogen and oxygen atoms in total. The van der Waals surface area contributed by atoms with Crippen LogP contribution in [0, 0.1) is 0 Å². The molecule has 0 amide bonds. The van der Waals surface area contributed by atoms with Gasteiger partial charge in [0.25, 0.3) is 0 Å². The lowest BCUT2D eigenvalue weighted by atomic mass is 10.3. The van der Waals surface area contributed by atoms with Gasteiger partial charge >= 0.3 is 5.97 Å². The summed E-state index contributed by atoms with van der Waals surface area (Å²) < 4.78 is 0. The average molecular weight is 257 g/mol. The Labute approximate surface area is 104 Å². The van der Waals surface area contributed by atoms with Gasteiger partial charge in [-0.15, -0.1) is 17.9 Å². The molecule has 0 atom stereocenters. The molecule has 0 aliphatic heterocycles. The zero-order valence-electron chi connectivity index (χ0n) is 8.94. The number of thioether (sulfide) groups is 1. The summed E-state index contributed by atoms with van der Waals surface area (Å²) in [7, 11) is 0. The highest BCUT2D eigenvalue weighted by Crippen LogP contribution is 2.14. The van der Waals surface area contributed by atoms with Gasteiger partial charge < -0.3 is 10.4 Å². The molecule has 0 aliphatic rings. The highest BCUT2D eigenvalue weighted by molar-refractivity contribution is 7.99. The second kappa shape index (κ2) is 7.49. The van der Waals surface area contributed by atoms with Crippen LogP contribution in [0.2, 0.25) is 0 Å². The highest BCUT2D eigenvalue weighted by Gasteiger charge is 2.05. The minimum Gasteiger partial charge on any atom is -0.478 e. The van der Waals surface area contributed by atoms with E-state index in [1.54, 1.807) is 11.4 Å². The molecule has 1 heterocycles. The summed E-state index contributed by atoms with van der Waals surface area (Å²) in [5.41, 5.74) is 0.378. The molecule has 0 aromatic carbocycles. The molecular weight excluding hydrogens is 242 g/mol. The molecule has 0 spiro atoms. The Hall–Kier alpha value is -0.780. The van der Waals surface area contributed by atoms with E-state index >= 15 is 0 Å². The van der Waals surface area contributed by atoms with E-state index in [0.717, 1.165) is 29.5 Å². The van der Waals surface area contributed by atoms with Gasteiger partial charge in [0.1, 0.15) is 0 Å². The Morgan fingerprint density at radius 2 is 2.50 bits per heavy atom. The summed E-state index contributed by atoms with van der Waals surface area (Å²) in [5.74, 6) is 1.16. The van der Waals surface area contributed by atoms with Crippen LogP contribution >= 0.6 is 23.1 Å². The lowest BCUT2D eigenvalue weighted by Gasteiger charge is -2.01. The standard InChI is InChI=1S/C11H15NO2S2/c1-2-4-15-5-3-12-7-10-6-9(8-16-10)11(13)14/h2,6,8,12H,1,3-5,7H2,(H,13,14). The number of hydrogen-bond acceptors (Lipinski definition) is 4. The molecule has 0 saturated carbocycles. The third-order valence-corrected chi connectivity index (χ3v) is 3.76. The van der Waals surface area contributed by atoms with E-state index in [9.17, 15) is 4.79 Å². The summed E-state index contributed by atoms with van der Waals surface area (Å²) in [4.78, 5) is 11.7. The predicted molar refractivity (Wildman–Crippen MR) is 70.5 cm³/mol. The number of thiophene rings is 1. The van der Waals surface area contributed by atoms with Crippen LogP contribution in [0.15, 0.2) is 24.1 Å². The number of rotatable bonds is 8. The van der Waals surface area contributed by atoms with Gasteiger partial charge in [-0.05, 0) is 6.07 Å². The highest BCUT2D eigenvalue weighted by atomic mass is 32.2. The molecular formula is C11H15NO2S2. The van der Waals surface area contributed by atoms with Crippen LogP contribution in [0.4, 0.5) is 0 Å². The predicted octanol–water partition coefficient (Wildman–Crippen LogP) is 2.46. The number of carbonyl (C=O) groups is 1. The fourth-order valence-electron chi connectivity index (χ4n) is 1.11. The summed E-state index contributed by atoms with van der Waals surface area (Å²) >= 11 is 3.31. The Morgan fingerprint density at radius 3 is 3.12 bits per heavy atom. The second-order valence-electron chi connectivity index (χ2n) is 3.15. The Bertz CT molecular complexity index is 350. The van der Waals surface area contributed by atoms with Crippen molar-refractivity contribution in [1.82, 2.24) is 5.32 Å². The van der Waals surface area contributed by atoms with Crippen molar-refractivity contribution in [2.75, 3.05) is 18.1 Å². The summed E-state index contributed by atoms with van der Waals surface area (Å²) in [6.45, 7) is 5.32. The van der Waals surface area contributed by atoms with E-state index in [4.69, 9.17) is 5.11 Å². The maximum atomic E-state index is 10.6. The minimum atomic E-state index is -0.857. The quantitative estimate of drug-likeness (QED) is 0.555. The fourth-order valence-corrected chi connectivity index (χ4v) is 2.56. The van der Waals surface area contributed by atoms with Crippen LogP contribution in [0.1, 0.15) is 15.2 Å². The number of carboxylic acid groups (broad SMARTS) is 1. The van der Waals surface area contributed by atoms with Crippen molar-refractivity contribution >= 4 is 29.1 Å². The topological polar surface area (TPSA) is 49.3 Å². The van der Waals surface area contributed by atoms with E-state index in [0.29, 0.717) is 5.56 Å². The van der Waals surface area contributed by atoms with Gasteiger partial charge in [-0.2, -0.15) is 11.8 Å². The van der Waals surface area contributed by atoms with E-state index in [2.05, 4.69) is 11.9 Å². The van der Waals surface area contributed by atoms with Crippen LogP contribution < -0.4 is 5.32 Å². The molecule has 5 heteroatoms. The largest absolute Gasteiger partial charge is 0.478 e. The molecule has 0 saturated heterocycles. The Kier molecular flexibility index (Phi) is 6.22. The zero-order valence-corrected chi connectivity index (χ0v) is 10.6. The van der Waals surface area contributed by atoms with E-state index in [1.165, 1.54) is 11.3 Å². The van der Waals surface area contributed by atoms with Crippen molar-refractivity contribution in [1.29, 1.82) is 0 Å². The Balaban J connectivity index is 2.16. The molecule has 0 aliphatic carbocycles. The summed E-state index contributed by atoms with van der Waals surface area (Å²) in [5, 5.41) is 13.7. The molecule has 88 valence electrons. The maximum Gasteiger partial charge on any atom is 0.336 e. The van der Waals surface area contributed by atoms with E-state index < -0.39 is 5.97 Å². The van der Waals surface area contributed by atoms with Crippen molar-refractivity contribution < 1.29 is 9.90 Å². The van der Waals surface area contributed by atoms with E-state index in [-0.39, 0.29) is 0 Å². The normalized spacial score (nSPS) is 10.2. The first-order valence-electron chi connectivity index (χ1n) is 4.94. The lowest BCUT2D eigenvalue weighted by molar-refractivity contribution is 0.0697. The van der Waals surface area contributed by atoms with Crippen LogP contribution in [-0.4, -0.2) is 29.1 Å². The molecule has 16 heavy (non-hydrogen) atoms. The maximum absolute atomic E-state index is 10.6. The average Bonchev–Trinajstić information content (AvgIpc) is 2.72. The lowest BCUT2D eigenvalue weighted by Crippen LogP contribution is -2.15. The number of aromatic carboxylic acids is 1. The number of carboxylic acids is 1. The molecule has 0 radical (unpaired) electrons. The van der Waals surface area contributed by atoms with Crippen LogP contribution in [0.25, 0.3) is 0 Å². The smallest absolute Gasteiger partial charge is 0.336 e. The van der Waals surface area contributed by atoms with Gasteiger partial charge in [-0.1, -0.05) is 6.08 Å². The molecule has 2 N–H and O–H groups in total. The van der Waals surface area contributed by atoms with Crippen molar-refractivity contribution in [2.24, 2.45) is 0 Å². The minimum absolute atomic E-state index is 0.378. The molecule has 0 unspecified atom stereocenters. The fraction of sp³-hybridized carbons (Fsp3) is 0.364. The number of hydrogen-bond donors (Lipinski definition) is 2. The van der Waals surface area contributed by atoms with Gasteiger partial charge in [0.05, 0.1) is 5.56 Å². The molecule has 0 fully saturated rings.